The molecule has 2 N–H and O–H groups in total. The van der Waals surface area contributed by atoms with E-state index in [1.807, 2.05) is 0 Å². The van der Waals surface area contributed by atoms with E-state index < -0.39 is 5.97 Å². The first-order chi connectivity index (χ1) is 4.77. The van der Waals surface area contributed by atoms with E-state index in [4.69, 9.17) is 5.11 Å². The van der Waals surface area contributed by atoms with Crippen LogP contribution < -0.4 is 5.32 Å². The van der Waals surface area contributed by atoms with E-state index in [1.54, 1.807) is 11.8 Å². The van der Waals surface area contributed by atoms with Crippen molar-refractivity contribution in [1.29, 1.82) is 0 Å². The van der Waals surface area contributed by atoms with Crippen LogP contribution in [0.25, 0.3) is 0 Å². The maximum atomic E-state index is 9.96. The lowest BCUT2D eigenvalue weighted by molar-refractivity contribution is -0.135. The van der Waals surface area contributed by atoms with Gasteiger partial charge in [0.2, 0.25) is 0 Å². The zero-order valence-corrected chi connectivity index (χ0v) is 6.91. The summed E-state index contributed by atoms with van der Waals surface area (Å²) in [6.07, 6.45) is 0. The van der Waals surface area contributed by atoms with Crippen LogP contribution in [0.15, 0.2) is 0 Å². The molecule has 0 rings (SSSR count). The van der Waals surface area contributed by atoms with Gasteiger partial charge >= 0.3 is 5.97 Å². The van der Waals surface area contributed by atoms with Crippen LogP contribution >= 0.6 is 11.8 Å². The van der Waals surface area contributed by atoms with Gasteiger partial charge in [-0.3, -0.25) is 4.79 Å². The maximum Gasteiger partial charge on any atom is 0.317 e. The second-order valence-corrected chi connectivity index (χ2v) is 3.16. The Morgan fingerprint density at radius 3 is 2.90 bits per heavy atom. The van der Waals surface area contributed by atoms with E-state index in [0.29, 0.717) is 0 Å². The van der Waals surface area contributed by atoms with Gasteiger partial charge in [0, 0.05) is 12.3 Å². The highest BCUT2D eigenvalue weighted by atomic mass is 32.2. The fraction of sp³-hybridized carbons (Fsp3) is 0.833. The molecule has 0 heterocycles. The molecular formula is C6H13NO2S. The number of carboxylic acid groups (broad SMARTS) is 1. The highest BCUT2D eigenvalue weighted by Gasteiger charge is 1.92. The summed E-state index contributed by atoms with van der Waals surface area (Å²) in [7, 11) is 0. The van der Waals surface area contributed by atoms with Crippen molar-refractivity contribution in [1.82, 2.24) is 5.32 Å². The topological polar surface area (TPSA) is 49.3 Å². The highest BCUT2D eigenvalue weighted by Crippen LogP contribution is 1.94. The number of carbonyl (C=O) groups is 1. The molecule has 0 aliphatic heterocycles. The maximum absolute atomic E-state index is 9.96. The Labute approximate surface area is 65.2 Å². The van der Waals surface area contributed by atoms with Crippen LogP contribution in [0.4, 0.5) is 0 Å². The van der Waals surface area contributed by atoms with Gasteiger partial charge < -0.3 is 10.4 Å². The summed E-state index contributed by atoms with van der Waals surface area (Å²) in [6, 6.07) is 0. The van der Waals surface area contributed by atoms with Gasteiger partial charge in [-0.25, -0.2) is 0 Å². The largest absolute Gasteiger partial charge is 0.480 e. The quantitative estimate of drug-likeness (QED) is 0.557. The summed E-state index contributed by atoms with van der Waals surface area (Å²) in [5.41, 5.74) is 0. The van der Waals surface area contributed by atoms with Crippen molar-refractivity contribution in [3.8, 4) is 0 Å². The zero-order valence-electron chi connectivity index (χ0n) is 6.09. The van der Waals surface area contributed by atoms with Crippen molar-refractivity contribution < 1.29 is 9.90 Å². The smallest absolute Gasteiger partial charge is 0.317 e. The van der Waals surface area contributed by atoms with Crippen LogP contribution in [-0.2, 0) is 4.79 Å². The molecule has 0 aliphatic carbocycles. The molecule has 60 valence electrons. The molecule has 0 aliphatic rings. The van der Waals surface area contributed by atoms with Gasteiger partial charge in [0.25, 0.3) is 0 Å². The molecule has 0 bridgehead atoms. The first kappa shape index (κ1) is 9.78. The summed E-state index contributed by atoms with van der Waals surface area (Å²) in [5.74, 6) is 1.29. The predicted octanol–water partition coefficient (Wildman–Crippen LogP) is 0.414. The van der Waals surface area contributed by atoms with Crippen LogP contribution in [0.2, 0.25) is 0 Å². The standard InChI is InChI=1S/C6H13NO2S/c1-2-10-4-3-7-5-6(8)9/h7H,2-5H2,1H3,(H,8,9). The Morgan fingerprint density at radius 2 is 2.40 bits per heavy atom. The number of thioether (sulfide) groups is 1. The Morgan fingerprint density at radius 1 is 1.70 bits per heavy atom. The molecule has 3 nitrogen and oxygen atoms in total. The predicted molar refractivity (Wildman–Crippen MR) is 43.5 cm³/mol. The molecule has 0 spiro atoms. The van der Waals surface area contributed by atoms with Crippen molar-refractivity contribution in [2.45, 2.75) is 6.92 Å². The number of nitrogens with one attached hydrogen (secondary N) is 1. The minimum atomic E-state index is -0.790. The van der Waals surface area contributed by atoms with Crippen LogP contribution in [-0.4, -0.2) is 35.7 Å². The van der Waals surface area contributed by atoms with E-state index in [0.717, 1.165) is 18.1 Å². The van der Waals surface area contributed by atoms with Crippen molar-refractivity contribution in [2.75, 3.05) is 24.6 Å². The van der Waals surface area contributed by atoms with E-state index in [2.05, 4.69) is 12.2 Å². The number of carboxylic acids is 1. The molecule has 0 fully saturated rings. The van der Waals surface area contributed by atoms with Gasteiger partial charge in [-0.2, -0.15) is 11.8 Å². The van der Waals surface area contributed by atoms with Crippen molar-refractivity contribution in [3.05, 3.63) is 0 Å². The molecule has 0 radical (unpaired) electrons. The number of hydrogen-bond donors (Lipinski definition) is 2. The lowest BCUT2D eigenvalue weighted by Gasteiger charge is -1.98. The zero-order chi connectivity index (χ0) is 7.82. The second kappa shape index (κ2) is 6.89. The van der Waals surface area contributed by atoms with Crippen LogP contribution in [0.5, 0.6) is 0 Å². The molecule has 0 amide bonds. The van der Waals surface area contributed by atoms with E-state index in [9.17, 15) is 4.79 Å². The molecule has 10 heavy (non-hydrogen) atoms. The first-order valence-corrected chi connectivity index (χ1v) is 4.43. The van der Waals surface area contributed by atoms with Gasteiger partial charge in [-0.1, -0.05) is 6.92 Å². The van der Waals surface area contributed by atoms with E-state index in [-0.39, 0.29) is 6.54 Å². The Hall–Kier alpha value is -0.220. The fourth-order valence-electron chi connectivity index (χ4n) is 0.484. The molecule has 0 atom stereocenters. The fourth-order valence-corrected chi connectivity index (χ4v) is 1.06. The summed E-state index contributed by atoms with van der Waals surface area (Å²) in [4.78, 5) is 9.96. The molecule has 0 saturated carbocycles. The Balaban J connectivity index is 2.84. The third-order valence-electron chi connectivity index (χ3n) is 0.904. The first-order valence-electron chi connectivity index (χ1n) is 3.27. The Kier molecular flexibility index (Phi) is 6.74. The monoisotopic (exact) mass is 163 g/mol. The number of hydrogen-bond acceptors (Lipinski definition) is 3. The number of aliphatic carboxylic acids is 1. The van der Waals surface area contributed by atoms with Gasteiger partial charge in [-0.05, 0) is 5.75 Å². The van der Waals surface area contributed by atoms with Gasteiger partial charge in [0.1, 0.15) is 0 Å². The minimum absolute atomic E-state index is 0.0737. The highest BCUT2D eigenvalue weighted by molar-refractivity contribution is 7.99. The molecule has 4 heteroatoms. The minimum Gasteiger partial charge on any atom is -0.480 e. The summed E-state index contributed by atoms with van der Waals surface area (Å²) >= 11 is 1.80. The number of rotatable bonds is 6. The van der Waals surface area contributed by atoms with Crippen molar-refractivity contribution in [2.24, 2.45) is 0 Å². The molecular weight excluding hydrogens is 150 g/mol. The summed E-state index contributed by atoms with van der Waals surface area (Å²) in [5, 5.41) is 11.0. The molecule has 0 aromatic heterocycles. The third kappa shape index (κ3) is 7.78. The van der Waals surface area contributed by atoms with Gasteiger partial charge in [0.15, 0.2) is 0 Å². The lowest BCUT2D eigenvalue weighted by atomic mass is 10.6. The molecule has 0 aromatic rings. The van der Waals surface area contributed by atoms with Crippen LogP contribution in [0, 0.1) is 0 Å². The van der Waals surface area contributed by atoms with Gasteiger partial charge in [0.05, 0.1) is 6.54 Å². The summed E-state index contributed by atoms with van der Waals surface area (Å²) < 4.78 is 0. The third-order valence-corrected chi connectivity index (χ3v) is 1.80. The van der Waals surface area contributed by atoms with Crippen LogP contribution in [0.3, 0.4) is 0 Å². The summed E-state index contributed by atoms with van der Waals surface area (Å²) in [6.45, 7) is 2.94. The lowest BCUT2D eigenvalue weighted by Crippen LogP contribution is -2.24. The van der Waals surface area contributed by atoms with Crippen LogP contribution in [0.1, 0.15) is 6.92 Å². The van der Waals surface area contributed by atoms with E-state index >= 15 is 0 Å². The van der Waals surface area contributed by atoms with Gasteiger partial charge in [-0.15, -0.1) is 0 Å². The van der Waals surface area contributed by atoms with E-state index in [1.165, 1.54) is 0 Å². The SMILES string of the molecule is CCSCCNCC(=O)O. The van der Waals surface area contributed by atoms with Crippen molar-refractivity contribution >= 4 is 17.7 Å². The average Bonchev–Trinajstić information content (AvgIpc) is 1.87. The normalized spacial score (nSPS) is 9.70. The average molecular weight is 163 g/mol. The second-order valence-electron chi connectivity index (χ2n) is 1.77. The Bertz CT molecular complexity index is 97.7. The molecule has 0 unspecified atom stereocenters. The molecule has 0 aromatic carbocycles. The van der Waals surface area contributed by atoms with Crippen molar-refractivity contribution in [3.63, 3.8) is 0 Å². The molecule has 0 saturated heterocycles.